The molecule has 1 saturated heterocycles. The van der Waals surface area contributed by atoms with Crippen LogP contribution in [0.2, 0.25) is 0 Å². The largest absolute Gasteiger partial charge is 0.375 e. The molecule has 1 fully saturated rings. The number of piperazine rings is 1. The first kappa shape index (κ1) is 21.5. The summed E-state index contributed by atoms with van der Waals surface area (Å²) < 4.78 is 0. The number of carbonyl (C=O) groups is 1. The predicted octanol–water partition coefficient (Wildman–Crippen LogP) is 3.60. The van der Waals surface area contributed by atoms with Crippen LogP contribution in [0, 0.1) is 0 Å². The monoisotopic (exact) mass is 407 g/mol. The number of nitrogens with zero attached hydrogens (tertiary/aromatic N) is 2. The second kappa shape index (κ2) is 8.96. The summed E-state index contributed by atoms with van der Waals surface area (Å²) in [5.74, 6) is 0.444. The number of hydrogen-bond donors (Lipinski definition) is 1. The minimum Gasteiger partial charge on any atom is -0.375 e. The Labute approximate surface area is 173 Å². The van der Waals surface area contributed by atoms with Crippen molar-refractivity contribution in [2.45, 2.75) is 18.9 Å². The summed E-state index contributed by atoms with van der Waals surface area (Å²) in [6.45, 7) is 5.67. The van der Waals surface area contributed by atoms with Crippen LogP contribution in [0.4, 0.5) is 5.69 Å². The number of halogens is 2. The van der Waals surface area contributed by atoms with Crippen LogP contribution in [0.3, 0.4) is 0 Å². The van der Waals surface area contributed by atoms with Crippen LogP contribution in [0.5, 0.6) is 0 Å². The lowest BCUT2D eigenvalue weighted by atomic mass is 9.80. The maximum atomic E-state index is 12.5. The third kappa shape index (κ3) is 3.93. The lowest BCUT2D eigenvalue weighted by molar-refractivity contribution is -0.129. The van der Waals surface area contributed by atoms with Gasteiger partial charge in [-0.25, -0.2) is 0 Å². The van der Waals surface area contributed by atoms with E-state index in [1.165, 1.54) is 16.8 Å². The number of nitrogens with one attached hydrogen (secondary N) is 1. The van der Waals surface area contributed by atoms with Gasteiger partial charge < -0.3 is 10.2 Å². The lowest BCUT2D eigenvalue weighted by Crippen LogP contribution is -2.53. The zero-order chi connectivity index (χ0) is 17.4. The van der Waals surface area contributed by atoms with Crippen molar-refractivity contribution in [2.24, 2.45) is 0 Å². The molecule has 0 spiro atoms. The van der Waals surface area contributed by atoms with Gasteiger partial charge in [-0.3, -0.25) is 9.69 Å². The highest BCUT2D eigenvalue weighted by molar-refractivity contribution is 5.86. The van der Waals surface area contributed by atoms with Crippen LogP contribution in [-0.2, 0) is 4.79 Å². The maximum Gasteiger partial charge on any atom is 0.242 e. The Hall–Kier alpha value is -1.75. The highest BCUT2D eigenvalue weighted by Crippen LogP contribution is 2.41. The molecular formula is C21H27Cl2N3O. The van der Waals surface area contributed by atoms with E-state index in [4.69, 9.17) is 0 Å². The molecule has 0 unspecified atom stereocenters. The molecule has 2 aliphatic heterocycles. The van der Waals surface area contributed by atoms with Crippen molar-refractivity contribution in [3.05, 3.63) is 65.2 Å². The van der Waals surface area contributed by atoms with Crippen LogP contribution >= 0.6 is 24.8 Å². The van der Waals surface area contributed by atoms with Crippen LogP contribution < -0.4 is 10.2 Å². The highest BCUT2D eigenvalue weighted by atomic mass is 35.5. The van der Waals surface area contributed by atoms with E-state index in [0.29, 0.717) is 5.92 Å². The summed E-state index contributed by atoms with van der Waals surface area (Å²) >= 11 is 0. The van der Waals surface area contributed by atoms with E-state index in [2.05, 4.69) is 77.6 Å². The third-order valence-electron chi connectivity index (χ3n) is 5.59. The molecular weight excluding hydrogens is 381 g/mol. The molecule has 0 aromatic heterocycles. The van der Waals surface area contributed by atoms with Crippen LogP contribution in [-0.4, -0.2) is 44.0 Å². The molecule has 0 aliphatic carbocycles. The molecule has 27 heavy (non-hydrogen) atoms. The molecule has 0 bridgehead atoms. The first-order chi connectivity index (χ1) is 12.2. The summed E-state index contributed by atoms with van der Waals surface area (Å²) in [6.07, 6.45) is 0. The highest BCUT2D eigenvalue weighted by Gasteiger charge is 2.39. The van der Waals surface area contributed by atoms with E-state index in [1.54, 1.807) is 0 Å². The molecule has 2 aliphatic rings. The second-order valence-electron chi connectivity index (χ2n) is 6.98. The van der Waals surface area contributed by atoms with Gasteiger partial charge in [0.05, 0.1) is 0 Å². The molecule has 2 heterocycles. The van der Waals surface area contributed by atoms with E-state index >= 15 is 0 Å². The van der Waals surface area contributed by atoms with Crippen molar-refractivity contribution >= 4 is 36.4 Å². The van der Waals surface area contributed by atoms with Gasteiger partial charge in [-0.15, -0.1) is 24.8 Å². The molecule has 0 radical (unpaired) electrons. The zero-order valence-corrected chi connectivity index (χ0v) is 17.4. The summed E-state index contributed by atoms with van der Waals surface area (Å²) in [6, 6.07) is 17.1. The molecule has 1 N–H and O–H groups in total. The topological polar surface area (TPSA) is 35.6 Å². The van der Waals surface area contributed by atoms with Crippen molar-refractivity contribution in [3.63, 3.8) is 0 Å². The molecule has 4 nitrogen and oxygen atoms in total. The number of carbonyl (C=O) groups excluding carboxylic acids is 1. The molecule has 2 aromatic rings. The van der Waals surface area contributed by atoms with Crippen molar-refractivity contribution in [1.82, 2.24) is 10.2 Å². The van der Waals surface area contributed by atoms with E-state index < -0.39 is 0 Å². The van der Waals surface area contributed by atoms with Gasteiger partial charge in [0.25, 0.3) is 0 Å². The molecule has 0 saturated carbocycles. The predicted molar refractivity (Wildman–Crippen MR) is 115 cm³/mol. The first-order valence-corrected chi connectivity index (χ1v) is 9.10. The summed E-state index contributed by atoms with van der Waals surface area (Å²) in [4.78, 5) is 17.1. The number of amides is 1. The number of benzene rings is 2. The maximum absolute atomic E-state index is 12.5. The minimum atomic E-state index is -0.148. The van der Waals surface area contributed by atoms with E-state index in [9.17, 15) is 4.79 Å². The Morgan fingerprint density at radius 1 is 1.11 bits per heavy atom. The number of hydrogen-bond acceptors (Lipinski definition) is 3. The van der Waals surface area contributed by atoms with Crippen molar-refractivity contribution in [2.75, 3.05) is 38.1 Å². The Kier molecular flexibility index (Phi) is 7.15. The fraction of sp³-hybridized carbons (Fsp3) is 0.381. The lowest BCUT2D eigenvalue weighted by Gasteiger charge is -2.43. The molecule has 6 heteroatoms. The molecule has 1 amide bonds. The van der Waals surface area contributed by atoms with Crippen molar-refractivity contribution in [3.8, 4) is 0 Å². The van der Waals surface area contributed by atoms with Gasteiger partial charge >= 0.3 is 0 Å². The van der Waals surface area contributed by atoms with Gasteiger partial charge in [-0.2, -0.15) is 0 Å². The van der Waals surface area contributed by atoms with Gasteiger partial charge in [0.1, 0.15) is 6.04 Å². The van der Waals surface area contributed by atoms with Gasteiger partial charge in [0.2, 0.25) is 5.91 Å². The molecule has 4 rings (SSSR count). The number of anilines is 1. The average molecular weight is 408 g/mol. The Morgan fingerprint density at radius 3 is 2.56 bits per heavy atom. The summed E-state index contributed by atoms with van der Waals surface area (Å²) in [7, 11) is 2.11. The van der Waals surface area contributed by atoms with Crippen molar-refractivity contribution < 1.29 is 4.79 Å². The minimum absolute atomic E-state index is 0. The van der Waals surface area contributed by atoms with E-state index in [0.717, 1.165) is 31.7 Å². The molecule has 2 atom stereocenters. The Bertz CT molecular complexity index is 784. The fourth-order valence-corrected chi connectivity index (χ4v) is 4.09. The standard InChI is InChI=1S/C21H25N3O.2ClH/c1-3-23(2)16-9-10-17-18(13-16)19(15-7-5-4-6-8-15)14-24-12-11-22-21(25)20(17)24;;/h4-10,13,19-20H,3,11-12,14H2,1-2H3,(H,22,25);2*1H/t19-,20+;;/m0../s1. The van der Waals surface area contributed by atoms with E-state index in [-0.39, 0.29) is 36.8 Å². The SMILES string of the molecule is CCN(C)c1ccc2c(c1)[C@H](c1ccccc1)CN1CCNC(=O)[C@@H]21.Cl.Cl. The zero-order valence-electron chi connectivity index (χ0n) is 15.7. The quantitative estimate of drug-likeness (QED) is 0.843. The van der Waals surface area contributed by atoms with Crippen molar-refractivity contribution in [1.29, 1.82) is 0 Å². The van der Waals surface area contributed by atoms with Gasteiger partial charge in [0, 0.05) is 44.8 Å². The smallest absolute Gasteiger partial charge is 0.242 e. The Balaban J connectivity index is 0.00000131. The number of rotatable bonds is 3. The Morgan fingerprint density at radius 2 is 1.85 bits per heavy atom. The average Bonchev–Trinajstić information content (AvgIpc) is 2.67. The van der Waals surface area contributed by atoms with Crippen LogP contribution in [0.1, 0.15) is 35.6 Å². The first-order valence-electron chi connectivity index (χ1n) is 9.10. The normalized spacial score (nSPS) is 21.0. The summed E-state index contributed by atoms with van der Waals surface area (Å²) in [5, 5.41) is 3.03. The molecule has 2 aromatic carbocycles. The number of fused-ring (bicyclic) bond motifs is 3. The van der Waals surface area contributed by atoms with Gasteiger partial charge in [-0.05, 0) is 35.7 Å². The second-order valence-corrected chi connectivity index (χ2v) is 6.98. The fourth-order valence-electron chi connectivity index (χ4n) is 4.09. The van der Waals surface area contributed by atoms with Gasteiger partial charge in [-0.1, -0.05) is 36.4 Å². The van der Waals surface area contributed by atoms with Gasteiger partial charge in [0.15, 0.2) is 0 Å². The van der Waals surface area contributed by atoms with Crippen LogP contribution in [0.25, 0.3) is 0 Å². The van der Waals surface area contributed by atoms with E-state index in [1.807, 2.05) is 0 Å². The van der Waals surface area contributed by atoms with Crippen LogP contribution in [0.15, 0.2) is 48.5 Å². The third-order valence-corrected chi connectivity index (χ3v) is 5.59. The molecule has 146 valence electrons. The summed E-state index contributed by atoms with van der Waals surface area (Å²) in [5.41, 5.74) is 4.99.